The highest BCUT2D eigenvalue weighted by Crippen LogP contribution is 2.29. The third kappa shape index (κ3) is 2.98. The molecular weight excluding hydrogens is 292 g/mol. The number of nitrogens with one attached hydrogen (secondary N) is 1. The van der Waals surface area contributed by atoms with Crippen LogP contribution in [0.1, 0.15) is 0 Å². The Morgan fingerprint density at radius 2 is 1.76 bits per heavy atom. The second-order valence-corrected chi connectivity index (χ2v) is 5.32. The van der Waals surface area contributed by atoms with Crippen LogP contribution in [0, 0.1) is 22.7 Å². The number of benzene rings is 2. The highest BCUT2D eigenvalue weighted by molar-refractivity contribution is 7.86. The molecule has 2 aromatic carbocycles. The van der Waals surface area contributed by atoms with Crippen LogP contribution in [0.4, 0.5) is 5.69 Å². The Morgan fingerprint density at radius 3 is 2.33 bits per heavy atom. The zero-order chi connectivity index (χ0) is 15.5. The third-order valence-corrected chi connectivity index (χ3v) is 3.54. The summed E-state index contributed by atoms with van der Waals surface area (Å²) >= 11 is 0. The number of hydrogen-bond donors (Lipinski definition) is 2. The van der Waals surface area contributed by atoms with Gasteiger partial charge in [-0.25, -0.2) is 0 Å². The van der Waals surface area contributed by atoms with Gasteiger partial charge >= 0.3 is 0 Å². The molecule has 0 aromatic heterocycles. The Labute approximate surface area is 120 Å². The first-order valence-corrected chi connectivity index (χ1v) is 7.04. The number of nitriles is 2. The van der Waals surface area contributed by atoms with Gasteiger partial charge in [0.05, 0.1) is 5.69 Å². The molecule has 0 bridgehead atoms. The van der Waals surface area contributed by atoms with Gasteiger partial charge in [-0.05, 0) is 17.5 Å². The van der Waals surface area contributed by atoms with Crippen molar-refractivity contribution in [2.45, 2.75) is 4.90 Å². The lowest BCUT2D eigenvalue weighted by Crippen LogP contribution is -2.02. The number of fused-ring (bicyclic) bond motifs is 1. The predicted molar refractivity (Wildman–Crippen MR) is 76.0 cm³/mol. The maximum absolute atomic E-state index is 11.4. The van der Waals surface area contributed by atoms with Crippen LogP contribution in [0.5, 0.6) is 0 Å². The normalized spacial score (nSPS) is 10.4. The van der Waals surface area contributed by atoms with Crippen LogP contribution in [0.25, 0.3) is 10.8 Å². The van der Waals surface area contributed by atoms with E-state index in [4.69, 9.17) is 10.5 Å². The quantitative estimate of drug-likeness (QED) is 0.506. The zero-order valence-electron chi connectivity index (χ0n) is 10.5. The number of hydrazone groups is 1. The fourth-order valence-corrected chi connectivity index (χ4v) is 2.54. The minimum Gasteiger partial charge on any atom is -0.282 e. The molecule has 2 aromatic rings. The molecular formula is C13H8N4O3S. The van der Waals surface area contributed by atoms with E-state index in [0.29, 0.717) is 5.39 Å². The van der Waals surface area contributed by atoms with Crippen LogP contribution in [0.3, 0.4) is 0 Å². The van der Waals surface area contributed by atoms with E-state index in [9.17, 15) is 13.0 Å². The van der Waals surface area contributed by atoms with Crippen molar-refractivity contribution in [3.8, 4) is 12.1 Å². The Kier molecular flexibility index (Phi) is 3.85. The number of hydrogen-bond acceptors (Lipinski definition) is 6. The Morgan fingerprint density at radius 1 is 1.14 bits per heavy atom. The lowest BCUT2D eigenvalue weighted by Gasteiger charge is -2.09. The molecule has 0 spiro atoms. The highest BCUT2D eigenvalue weighted by Gasteiger charge is 2.16. The molecule has 0 heterocycles. The van der Waals surface area contributed by atoms with Gasteiger partial charge in [0.15, 0.2) is 0 Å². The van der Waals surface area contributed by atoms with Gasteiger partial charge in [0, 0.05) is 5.39 Å². The van der Waals surface area contributed by atoms with E-state index >= 15 is 0 Å². The minimum atomic E-state index is -4.42. The third-order valence-electron chi connectivity index (χ3n) is 2.64. The zero-order valence-corrected chi connectivity index (χ0v) is 11.3. The summed E-state index contributed by atoms with van der Waals surface area (Å²) in [4.78, 5) is -0.284. The predicted octanol–water partition coefficient (Wildman–Crippen LogP) is 1.90. The van der Waals surface area contributed by atoms with Crippen molar-refractivity contribution in [3.05, 3.63) is 36.4 Å². The molecule has 0 unspecified atom stereocenters. The summed E-state index contributed by atoms with van der Waals surface area (Å²) in [6.07, 6.45) is 0. The van der Waals surface area contributed by atoms with Gasteiger partial charge < -0.3 is 0 Å². The molecule has 0 atom stereocenters. The Bertz CT molecular complexity index is 899. The first-order valence-electron chi connectivity index (χ1n) is 5.60. The maximum atomic E-state index is 11.4. The molecule has 0 saturated heterocycles. The van der Waals surface area contributed by atoms with Crippen molar-refractivity contribution in [1.29, 1.82) is 10.5 Å². The molecule has 8 heteroatoms. The summed E-state index contributed by atoms with van der Waals surface area (Å²) in [5.41, 5.74) is 2.32. The minimum absolute atomic E-state index is 0.224. The van der Waals surface area contributed by atoms with Gasteiger partial charge in [-0.15, -0.1) is 0 Å². The van der Waals surface area contributed by atoms with E-state index in [0.717, 1.165) is 0 Å². The number of rotatable bonds is 3. The van der Waals surface area contributed by atoms with Crippen LogP contribution in [-0.2, 0) is 10.1 Å². The fraction of sp³-hybridized carbons (Fsp3) is 0. The summed E-state index contributed by atoms with van der Waals surface area (Å²) < 4.78 is 32.2. The highest BCUT2D eigenvalue weighted by atomic mass is 32.2. The van der Waals surface area contributed by atoms with E-state index in [-0.39, 0.29) is 16.0 Å². The molecule has 0 fully saturated rings. The second-order valence-electron chi connectivity index (χ2n) is 3.93. The van der Waals surface area contributed by atoms with Crippen molar-refractivity contribution in [2.75, 3.05) is 5.43 Å². The topological polar surface area (TPSA) is 126 Å². The van der Waals surface area contributed by atoms with E-state index < -0.39 is 15.8 Å². The van der Waals surface area contributed by atoms with Crippen molar-refractivity contribution < 1.29 is 13.0 Å². The van der Waals surface area contributed by atoms with Gasteiger partial charge in [-0.3, -0.25) is 9.98 Å². The van der Waals surface area contributed by atoms with Crippen molar-refractivity contribution in [1.82, 2.24) is 0 Å². The molecule has 0 radical (unpaired) electrons. The summed E-state index contributed by atoms with van der Waals surface area (Å²) in [7, 11) is -4.42. The Balaban J connectivity index is 2.69. The molecule has 0 amide bonds. The van der Waals surface area contributed by atoms with Crippen LogP contribution in [0.2, 0.25) is 0 Å². The van der Waals surface area contributed by atoms with E-state index in [1.54, 1.807) is 30.3 Å². The average Bonchev–Trinajstić information content (AvgIpc) is 2.46. The van der Waals surface area contributed by atoms with Crippen LogP contribution < -0.4 is 5.43 Å². The first kappa shape index (κ1) is 14.5. The molecule has 2 N–H and O–H groups in total. The van der Waals surface area contributed by atoms with Crippen LogP contribution >= 0.6 is 0 Å². The SMILES string of the molecule is N#CC(C#N)=NNc1cccc2cccc(S(=O)(=O)O)c12. The molecule has 0 saturated carbocycles. The lowest BCUT2D eigenvalue weighted by atomic mass is 10.1. The first-order chi connectivity index (χ1) is 9.97. The van der Waals surface area contributed by atoms with Gasteiger partial charge in [0.1, 0.15) is 17.0 Å². The summed E-state index contributed by atoms with van der Waals surface area (Å²) in [5.74, 6) is 0. The van der Waals surface area contributed by atoms with Crippen LogP contribution in [-0.4, -0.2) is 18.7 Å². The maximum Gasteiger partial charge on any atom is 0.295 e. The van der Waals surface area contributed by atoms with E-state index in [2.05, 4.69) is 10.5 Å². The Hall–Kier alpha value is -2.94. The molecule has 2 rings (SSSR count). The lowest BCUT2D eigenvalue weighted by molar-refractivity contribution is 0.484. The van der Waals surface area contributed by atoms with Gasteiger partial charge in [0.25, 0.3) is 10.1 Å². The number of nitrogens with zero attached hydrogens (tertiary/aromatic N) is 3. The second kappa shape index (κ2) is 5.59. The molecule has 21 heavy (non-hydrogen) atoms. The number of anilines is 1. The van der Waals surface area contributed by atoms with Gasteiger partial charge in [-0.1, -0.05) is 24.3 Å². The van der Waals surface area contributed by atoms with Gasteiger partial charge in [0.2, 0.25) is 5.71 Å². The molecule has 0 aliphatic heterocycles. The fourth-order valence-electron chi connectivity index (χ4n) is 1.81. The largest absolute Gasteiger partial charge is 0.295 e. The van der Waals surface area contributed by atoms with Crippen molar-refractivity contribution >= 4 is 32.3 Å². The van der Waals surface area contributed by atoms with E-state index in [1.807, 2.05) is 0 Å². The van der Waals surface area contributed by atoms with Crippen molar-refractivity contribution in [3.63, 3.8) is 0 Å². The summed E-state index contributed by atoms with van der Waals surface area (Å²) in [6.45, 7) is 0. The molecule has 0 aliphatic rings. The molecule has 0 aliphatic carbocycles. The monoisotopic (exact) mass is 300 g/mol. The van der Waals surface area contributed by atoms with E-state index in [1.165, 1.54) is 18.2 Å². The average molecular weight is 300 g/mol. The standard InChI is InChI=1S/C13H8N4O3S/c14-7-10(8-15)16-17-11-5-1-3-9-4-2-6-12(13(9)11)21(18,19)20/h1-6,17H,(H,18,19,20). The smallest absolute Gasteiger partial charge is 0.282 e. The van der Waals surface area contributed by atoms with Gasteiger partial charge in [-0.2, -0.15) is 24.0 Å². The molecule has 104 valence electrons. The summed E-state index contributed by atoms with van der Waals surface area (Å²) in [6, 6.07) is 12.4. The molecule has 7 nitrogen and oxygen atoms in total. The summed E-state index contributed by atoms with van der Waals surface area (Å²) in [5, 5.41) is 21.6. The van der Waals surface area contributed by atoms with Crippen molar-refractivity contribution in [2.24, 2.45) is 5.10 Å². The van der Waals surface area contributed by atoms with Crippen LogP contribution in [0.15, 0.2) is 46.4 Å².